The first-order valence-corrected chi connectivity index (χ1v) is 7.39. The summed E-state index contributed by atoms with van der Waals surface area (Å²) in [4.78, 5) is 4.44. The highest BCUT2D eigenvalue weighted by molar-refractivity contribution is 7.92. The summed E-state index contributed by atoms with van der Waals surface area (Å²) in [5.41, 5.74) is 0.690. The van der Waals surface area contributed by atoms with Crippen molar-refractivity contribution in [2.24, 2.45) is 0 Å². The summed E-state index contributed by atoms with van der Waals surface area (Å²) in [5.74, 6) is 0. The van der Waals surface area contributed by atoms with Gasteiger partial charge in [-0.3, -0.25) is 0 Å². The van der Waals surface area contributed by atoms with Gasteiger partial charge in [-0.1, -0.05) is 11.6 Å². The van der Waals surface area contributed by atoms with E-state index in [9.17, 15) is 8.42 Å². The molecule has 0 radical (unpaired) electrons. The van der Waals surface area contributed by atoms with E-state index in [0.717, 1.165) is 5.39 Å². The molecule has 3 nitrogen and oxygen atoms in total. The third-order valence-corrected chi connectivity index (χ3v) is 5.44. The topological polar surface area (TPSA) is 47.0 Å². The minimum Gasteiger partial charge on any atom is -0.236 e. The van der Waals surface area contributed by atoms with Gasteiger partial charge in [0.1, 0.15) is 5.15 Å². The smallest absolute Gasteiger partial charge is 0.183 e. The van der Waals surface area contributed by atoms with Crippen molar-refractivity contribution in [1.29, 1.82) is 0 Å². The average molecular weight is 284 g/mol. The molecule has 0 N–H and O–H groups in total. The molecular weight excluding hydrogens is 270 g/mol. The molecule has 1 aromatic carbocycles. The third-order valence-electron chi connectivity index (χ3n) is 2.74. The monoisotopic (exact) mass is 283 g/mol. The molecule has 1 heterocycles. The second-order valence-corrected chi connectivity index (χ2v) is 8.19. The molecule has 0 aliphatic rings. The summed E-state index contributed by atoms with van der Waals surface area (Å²) in [6.07, 6.45) is 0. The zero-order valence-electron chi connectivity index (χ0n) is 10.4. The van der Waals surface area contributed by atoms with Crippen LogP contribution in [-0.2, 0) is 9.84 Å². The first kappa shape index (κ1) is 13.3. The zero-order chi connectivity index (χ0) is 13.6. The fourth-order valence-electron chi connectivity index (χ4n) is 1.60. The van der Waals surface area contributed by atoms with Gasteiger partial charge in [0.15, 0.2) is 9.84 Å². The van der Waals surface area contributed by atoms with Crippen molar-refractivity contribution in [2.45, 2.75) is 30.4 Å². The van der Waals surface area contributed by atoms with Crippen LogP contribution < -0.4 is 0 Å². The molecule has 0 atom stereocenters. The van der Waals surface area contributed by atoms with Gasteiger partial charge >= 0.3 is 0 Å². The molecule has 0 spiro atoms. The number of nitrogens with zero attached hydrogens (tertiary/aromatic N) is 1. The van der Waals surface area contributed by atoms with E-state index in [1.54, 1.807) is 51.1 Å². The highest BCUT2D eigenvalue weighted by Crippen LogP contribution is 2.27. The van der Waals surface area contributed by atoms with E-state index in [2.05, 4.69) is 4.98 Å². The van der Waals surface area contributed by atoms with Crippen LogP contribution in [0, 0.1) is 0 Å². The van der Waals surface area contributed by atoms with E-state index >= 15 is 0 Å². The molecule has 0 bridgehead atoms. The fourth-order valence-corrected chi connectivity index (χ4v) is 2.99. The van der Waals surface area contributed by atoms with E-state index in [0.29, 0.717) is 15.6 Å². The van der Waals surface area contributed by atoms with Gasteiger partial charge in [-0.2, -0.15) is 0 Å². The molecule has 1 aromatic heterocycles. The second kappa shape index (κ2) is 4.21. The molecule has 18 heavy (non-hydrogen) atoms. The molecule has 0 fully saturated rings. The molecule has 0 amide bonds. The Labute approximate surface area is 112 Å². The molecule has 0 aliphatic carbocycles. The summed E-state index contributed by atoms with van der Waals surface area (Å²) in [6.45, 7) is 5.06. The largest absolute Gasteiger partial charge is 0.236 e. The Bertz CT molecular complexity index is 702. The number of sulfone groups is 1. The lowest BCUT2D eigenvalue weighted by molar-refractivity contribution is 0.560. The lowest BCUT2D eigenvalue weighted by Gasteiger charge is -2.19. The van der Waals surface area contributed by atoms with Crippen LogP contribution in [0.15, 0.2) is 35.2 Å². The Morgan fingerprint density at radius 3 is 2.39 bits per heavy atom. The Morgan fingerprint density at radius 2 is 1.78 bits per heavy atom. The molecule has 5 heteroatoms. The van der Waals surface area contributed by atoms with Crippen LogP contribution in [0.5, 0.6) is 0 Å². The molecule has 2 rings (SSSR count). The van der Waals surface area contributed by atoms with Crippen molar-refractivity contribution in [3.05, 3.63) is 35.5 Å². The summed E-state index contributed by atoms with van der Waals surface area (Å²) in [5, 5.41) is 1.17. The van der Waals surface area contributed by atoms with Crippen LogP contribution in [0.3, 0.4) is 0 Å². The van der Waals surface area contributed by atoms with Crippen LogP contribution in [0.4, 0.5) is 0 Å². The quantitative estimate of drug-likeness (QED) is 0.753. The molecular formula is C13H14ClNO2S. The average Bonchev–Trinajstić information content (AvgIpc) is 2.26. The highest BCUT2D eigenvalue weighted by Gasteiger charge is 2.30. The molecule has 96 valence electrons. The predicted octanol–water partition coefficient (Wildman–Crippen LogP) is 3.46. The molecule has 2 aromatic rings. The molecule has 0 aliphatic heterocycles. The van der Waals surface area contributed by atoms with E-state index in [1.807, 2.05) is 0 Å². The van der Waals surface area contributed by atoms with Gasteiger partial charge in [0, 0.05) is 5.39 Å². The Balaban J connectivity index is 2.65. The second-order valence-electron chi connectivity index (χ2n) is 5.10. The van der Waals surface area contributed by atoms with Crippen molar-refractivity contribution in [2.75, 3.05) is 0 Å². The summed E-state index contributed by atoms with van der Waals surface area (Å²) in [7, 11) is -3.34. The van der Waals surface area contributed by atoms with E-state index in [4.69, 9.17) is 11.6 Å². The first-order valence-electron chi connectivity index (χ1n) is 5.53. The fraction of sp³-hybridized carbons (Fsp3) is 0.308. The molecule has 0 unspecified atom stereocenters. The van der Waals surface area contributed by atoms with E-state index in [1.165, 1.54) is 0 Å². The van der Waals surface area contributed by atoms with Gasteiger partial charge in [-0.25, -0.2) is 13.4 Å². The van der Waals surface area contributed by atoms with Crippen LogP contribution in [0.1, 0.15) is 20.8 Å². The van der Waals surface area contributed by atoms with Crippen molar-refractivity contribution < 1.29 is 8.42 Å². The lowest BCUT2D eigenvalue weighted by atomic mass is 10.2. The molecule has 0 saturated heterocycles. The standard InChI is InChI=1S/C13H14ClNO2S/c1-13(2,3)18(16,17)10-5-6-11-9(8-10)4-7-12(14)15-11/h4-8H,1-3H3. The number of benzene rings is 1. The number of hydrogen-bond donors (Lipinski definition) is 0. The van der Waals surface area contributed by atoms with Crippen molar-refractivity contribution in [1.82, 2.24) is 4.98 Å². The van der Waals surface area contributed by atoms with Gasteiger partial charge in [-0.05, 0) is 51.1 Å². The zero-order valence-corrected chi connectivity index (χ0v) is 12.0. The summed E-state index contributed by atoms with van der Waals surface area (Å²) >= 11 is 5.79. The number of rotatable bonds is 1. The van der Waals surface area contributed by atoms with Crippen LogP contribution >= 0.6 is 11.6 Å². The number of pyridine rings is 1. The van der Waals surface area contributed by atoms with Gasteiger partial charge in [0.05, 0.1) is 15.2 Å². The van der Waals surface area contributed by atoms with Crippen LogP contribution in [-0.4, -0.2) is 18.1 Å². The van der Waals surface area contributed by atoms with E-state index in [-0.39, 0.29) is 0 Å². The lowest BCUT2D eigenvalue weighted by Crippen LogP contribution is -2.27. The maximum Gasteiger partial charge on any atom is 0.183 e. The summed E-state index contributed by atoms with van der Waals surface area (Å²) in [6, 6.07) is 8.31. The van der Waals surface area contributed by atoms with Gasteiger partial charge in [0.25, 0.3) is 0 Å². The minimum atomic E-state index is -3.34. The Morgan fingerprint density at radius 1 is 1.11 bits per heavy atom. The van der Waals surface area contributed by atoms with Gasteiger partial charge in [0.2, 0.25) is 0 Å². The normalized spacial score (nSPS) is 12.9. The third kappa shape index (κ3) is 2.22. The summed E-state index contributed by atoms with van der Waals surface area (Å²) < 4.78 is 23.8. The maximum absolute atomic E-state index is 12.3. The number of halogens is 1. The van der Waals surface area contributed by atoms with Crippen molar-refractivity contribution in [3.63, 3.8) is 0 Å². The van der Waals surface area contributed by atoms with Crippen molar-refractivity contribution >= 4 is 32.3 Å². The minimum absolute atomic E-state index is 0.312. The predicted molar refractivity (Wildman–Crippen MR) is 73.7 cm³/mol. The van der Waals surface area contributed by atoms with Gasteiger partial charge < -0.3 is 0 Å². The first-order chi connectivity index (χ1) is 8.22. The SMILES string of the molecule is CC(C)(C)S(=O)(=O)c1ccc2nc(Cl)ccc2c1. The highest BCUT2D eigenvalue weighted by atomic mass is 35.5. The number of hydrogen-bond acceptors (Lipinski definition) is 3. The Hall–Kier alpha value is -1.13. The number of fused-ring (bicyclic) bond motifs is 1. The van der Waals surface area contributed by atoms with Gasteiger partial charge in [-0.15, -0.1) is 0 Å². The van der Waals surface area contributed by atoms with Crippen molar-refractivity contribution in [3.8, 4) is 0 Å². The van der Waals surface area contributed by atoms with Crippen LogP contribution in [0.2, 0.25) is 5.15 Å². The van der Waals surface area contributed by atoms with E-state index < -0.39 is 14.6 Å². The molecule has 0 saturated carbocycles. The number of aromatic nitrogens is 1. The van der Waals surface area contributed by atoms with Crippen LogP contribution in [0.25, 0.3) is 10.9 Å². The maximum atomic E-state index is 12.3. The Kier molecular flexibility index (Phi) is 3.11.